The molecule has 2 unspecified atom stereocenters. The summed E-state index contributed by atoms with van der Waals surface area (Å²) in [6.07, 6.45) is 9.97. The number of thioether (sulfide) groups is 1. The first-order valence-electron chi connectivity index (χ1n) is 29.5. The van der Waals surface area contributed by atoms with E-state index in [-0.39, 0.29) is 23.0 Å². The van der Waals surface area contributed by atoms with Crippen LogP contribution in [0.4, 0.5) is 34.1 Å². The fourth-order valence-electron chi connectivity index (χ4n) is 13.2. The lowest BCUT2D eigenvalue weighted by Crippen LogP contribution is -2.61. The number of benzene rings is 9. The van der Waals surface area contributed by atoms with E-state index in [0.717, 1.165) is 46.4 Å². The summed E-state index contributed by atoms with van der Waals surface area (Å²) >= 11 is 1.99. The number of nitrogens with zero attached hydrogens (tertiary/aromatic N) is 2. The smallest absolute Gasteiger partial charge is 0.252 e. The van der Waals surface area contributed by atoms with Crippen molar-refractivity contribution < 1.29 is 9.47 Å². The first-order valence-corrected chi connectivity index (χ1v) is 30.4. The fourth-order valence-corrected chi connectivity index (χ4v) is 14.6. The van der Waals surface area contributed by atoms with Crippen LogP contribution in [0.5, 0.6) is 11.5 Å². The summed E-state index contributed by atoms with van der Waals surface area (Å²) < 4.78 is 13.4. The topological polar surface area (TPSA) is 24.9 Å². The van der Waals surface area contributed by atoms with Gasteiger partial charge >= 0.3 is 0 Å². The SMILES string of the molecule is Cc1cc2c3c(c1)N(c1ccc(C(C)(C)C)cc1-c1ccccc1)c1cc4c(cc1B3c1cc(-c3ccc5c(c3)SC3C=CC=CC53)ccc1N2c1cc(-c2ccc(C(C)(C)C)cc2)cc(-c2ccc(C(C)(C)C)cc2)c1)OCCCO4. The van der Waals surface area contributed by atoms with Gasteiger partial charge in [-0.15, -0.1) is 11.8 Å². The number of hydrogen-bond donors (Lipinski definition) is 0. The summed E-state index contributed by atoms with van der Waals surface area (Å²) in [5, 5.41) is 0.425. The number of rotatable bonds is 6. The number of aryl methyl sites for hydroxylation is 1. The Labute approximate surface area is 490 Å². The second kappa shape index (κ2) is 19.6. The molecule has 82 heavy (non-hydrogen) atoms. The van der Waals surface area contributed by atoms with Gasteiger partial charge in [0.15, 0.2) is 11.5 Å². The highest BCUT2D eigenvalue weighted by Crippen LogP contribution is 2.52. The predicted octanol–water partition coefficient (Wildman–Crippen LogP) is 18.5. The second-order valence-electron chi connectivity index (χ2n) is 26.4. The van der Waals surface area contributed by atoms with Crippen molar-refractivity contribution in [3.8, 4) is 56.0 Å². The Bertz CT molecular complexity index is 4000. The number of ether oxygens (including phenoxy) is 2. The molecule has 0 spiro atoms. The van der Waals surface area contributed by atoms with Crippen LogP contribution in [-0.4, -0.2) is 25.2 Å². The van der Waals surface area contributed by atoms with Crippen LogP contribution in [0.1, 0.15) is 102 Å². The van der Waals surface area contributed by atoms with Gasteiger partial charge in [0.05, 0.1) is 18.9 Å². The Kier molecular flexibility index (Phi) is 12.5. The standard InChI is InChI=1S/C76H71BN2O2S/c1-47-37-67-73-68(38-47)79(64-34-31-57(76(8,9)10)44-61(64)50-17-12-11-13-18-50)66-46-70-69(80-35-16-36-81-70)45-63(66)77(73)62-42-51(52-25-32-60-59-19-14-15-20-71(59)82-72(60)43-52)26-33-65(62)78(67)58-40-53(48-21-27-55(28-22-48)74(2,3)4)39-54(41-58)49-23-29-56(30-24-49)75(5,6)7/h11-15,17-34,37-46,59,71H,16,35-36H2,1-10H3. The van der Waals surface area contributed by atoms with E-state index in [0.29, 0.717) is 24.4 Å². The van der Waals surface area contributed by atoms with Crippen LogP contribution in [0, 0.1) is 6.92 Å². The number of allylic oxidation sites excluding steroid dienone is 3. The van der Waals surface area contributed by atoms with Crippen LogP contribution in [0.25, 0.3) is 44.5 Å². The van der Waals surface area contributed by atoms with Crippen LogP contribution >= 0.6 is 11.8 Å². The molecule has 6 heteroatoms. The van der Waals surface area contributed by atoms with Gasteiger partial charge in [-0.2, -0.15) is 0 Å². The third kappa shape index (κ3) is 9.10. The molecule has 1 aliphatic carbocycles. The van der Waals surface area contributed by atoms with E-state index in [1.807, 2.05) is 11.8 Å². The molecule has 5 aliphatic rings. The number of fused-ring (bicyclic) bond motifs is 8. The van der Waals surface area contributed by atoms with Gasteiger partial charge in [0.2, 0.25) is 0 Å². The largest absolute Gasteiger partial charge is 0.490 e. The Morgan fingerprint density at radius 1 is 0.451 bits per heavy atom. The molecule has 0 bridgehead atoms. The van der Waals surface area contributed by atoms with Gasteiger partial charge in [-0.05, 0) is 167 Å². The van der Waals surface area contributed by atoms with Gasteiger partial charge in [0.25, 0.3) is 6.71 Å². The van der Waals surface area contributed by atoms with Crippen LogP contribution in [0.15, 0.2) is 205 Å². The molecule has 4 aliphatic heterocycles. The normalized spacial score (nSPS) is 16.7. The highest BCUT2D eigenvalue weighted by Gasteiger charge is 2.45. The van der Waals surface area contributed by atoms with E-state index in [2.05, 4.69) is 279 Å². The number of hydrogen-bond acceptors (Lipinski definition) is 5. The number of anilines is 6. The molecule has 0 aromatic heterocycles. The molecule has 4 heterocycles. The van der Waals surface area contributed by atoms with Gasteiger partial charge in [-0.3, -0.25) is 0 Å². The maximum absolute atomic E-state index is 6.70. The van der Waals surface area contributed by atoms with Crippen LogP contribution < -0.4 is 35.7 Å². The molecular formula is C76H71BN2O2S. The van der Waals surface area contributed by atoms with Gasteiger partial charge in [0.1, 0.15) is 0 Å². The third-order valence-corrected chi connectivity index (χ3v) is 19.0. The summed E-state index contributed by atoms with van der Waals surface area (Å²) in [4.78, 5) is 6.52. The van der Waals surface area contributed by atoms with Crippen molar-refractivity contribution in [1.82, 2.24) is 0 Å². The Hall–Kier alpha value is -7.93. The van der Waals surface area contributed by atoms with E-state index in [1.165, 1.54) is 99.3 Å². The van der Waals surface area contributed by atoms with Crippen molar-refractivity contribution in [3.63, 3.8) is 0 Å². The van der Waals surface area contributed by atoms with E-state index in [4.69, 9.17) is 9.47 Å². The summed E-state index contributed by atoms with van der Waals surface area (Å²) in [7, 11) is 0. The molecule has 4 nitrogen and oxygen atoms in total. The molecule has 0 radical (unpaired) electrons. The lowest BCUT2D eigenvalue weighted by molar-refractivity contribution is 0.297. The summed E-state index contributed by atoms with van der Waals surface area (Å²) in [6.45, 7) is 24.0. The highest BCUT2D eigenvalue weighted by molar-refractivity contribution is 8.00. The fraction of sp³-hybridized carbons (Fsp3) is 0.237. The maximum atomic E-state index is 6.70. The van der Waals surface area contributed by atoms with E-state index >= 15 is 0 Å². The average molecular weight is 1090 g/mol. The first kappa shape index (κ1) is 52.2. The molecule has 0 saturated carbocycles. The molecule has 9 aromatic rings. The molecule has 2 atom stereocenters. The lowest BCUT2D eigenvalue weighted by atomic mass is 9.33. The van der Waals surface area contributed by atoms with Crippen molar-refractivity contribution in [2.75, 3.05) is 23.0 Å². The third-order valence-electron chi connectivity index (χ3n) is 17.7. The Morgan fingerprint density at radius 3 is 1.67 bits per heavy atom. The molecule has 406 valence electrons. The average Bonchev–Trinajstić information content (AvgIpc) is 1.51. The van der Waals surface area contributed by atoms with Crippen molar-refractivity contribution in [2.24, 2.45) is 0 Å². The van der Waals surface area contributed by atoms with Crippen molar-refractivity contribution in [2.45, 2.75) is 108 Å². The predicted molar refractivity (Wildman–Crippen MR) is 349 cm³/mol. The molecule has 14 rings (SSSR count). The van der Waals surface area contributed by atoms with Gasteiger partial charge in [0, 0.05) is 62.6 Å². The van der Waals surface area contributed by atoms with Crippen molar-refractivity contribution in [1.29, 1.82) is 0 Å². The maximum Gasteiger partial charge on any atom is 0.252 e. The van der Waals surface area contributed by atoms with E-state index < -0.39 is 0 Å². The van der Waals surface area contributed by atoms with Crippen molar-refractivity contribution in [3.05, 3.63) is 228 Å². The quantitative estimate of drug-likeness (QED) is 0.155. The van der Waals surface area contributed by atoms with Crippen LogP contribution in [-0.2, 0) is 16.2 Å². The molecule has 0 fully saturated rings. The molecular weight excluding hydrogens is 1020 g/mol. The summed E-state index contributed by atoms with van der Waals surface area (Å²) in [5.74, 6) is 1.98. The van der Waals surface area contributed by atoms with Gasteiger partial charge < -0.3 is 19.3 Å². The zero-order valence-electron chi connectivity index (χ0n) is 49.0. The van der Waals surface area contributed by atoms with E-state index in [1.54, 1.807) is 0 Å². The first-order chi connectivity index (χ1) is 39.4. The van der Waals surface area contributed by atoms with E-state index in [9.17, 15) is 0 Å². The van der Waals surface area contributed by atoms with Gasteiger partial charge in [-0.1, -0.05) is 196 Å². The zero-order valence-corrected chi connectivity index (χ0v) is 49.8. The minimum atomic E-state index is -0.159. The molecule has 0 N–H and O–H groups in total. The highest BCUT2D eigenvalue weighted by atomic mass is 32.2. The van der Waals surface area contributed by atoms with Crippen LogP contribution in [0.3, 0.4) is 0 Å². The summed E-state index contributed by atoms with van der Waals surface area (Å²) in [6, 6.07) is 67.9. The van der Waals surface area contributed by atoms with Crippen molar-refractivity contribution >= 4 is 69.0 Å². The van der Waals surface area contributed by atoms with Crippen LogP contribution in [0.2, 0.25) is 0 Å². The molecule has 0 saturated heterocycles. The Balaban J connectivity index is 1.05. The minimum absolute atomic E-state index is 0.0316. The summed E-state index contributed by atoms with van der Waals surface area (Å²) in [5.41, 5.74) is 26.6. The minimum Gasteiger partial charge on any atom is -0.490 e. The molecule has 0 amide bonds. The monoisotopic (exact) mass is 1090 g/mol. The lowest BCUT2D eigenvalue weighted by Gasteiger charge is -2.45. The molecule has 9 aromatic carbocycles. The van der Waals surface area contributed by atoms with Gasteiger partial charge in [-0.25, -0.2) is 0 Å². The zero-order chi connectivity index (χ0) is 56.4. The Morgan fingerprint density at radius 2 is 1.01 bits per heavy atom. The second-order valence-corrected chi connectivity index (χ2v) is 27.6.